The molecular formula is C15H24N2S. The molecule has 0 aromatic carbocycles. The van der Waals surface area contributed by atoms with Gasteiger partial charge in [0.1, 0.15) is 0 Å². The van der Waals surface area contributed by atoms with Gasteiger partial charge in [-0.15, -0.1) is 11.8 Å². The second kappa shape index (κ2) is 6.07. The molecule has 2 atom stereocenters. The molecule has 1 aliphatic rings. The summed E-state index contributed by atoms with van der Waals surface area (Å²) in [6.07, 6.45) is 5.68. The molecule has 0 spiro atoms. The van der Waals surface area contributed by atoms with Crippen molar-refractivity contribution in [3.8, 4) is 0 Å². The molecule has 0 saturated heterocycles. The predicted octanol–water partition coefficient (Wildman–Crippen LogP) is 3.73. The first-order chi connectivity index (χ1) is 8.63. The van der Waals surface area contributed by atoms with E-state index in [1.807, 2.05) is 24.0 Å². The molecule has 18 heavy (non-hydrogen) atoms. The zero-order chi connectivity index (χ0) is 13.0. The fourth-order valence-electron chi connectivity index (χ4n) is 2.75. The molecular weight excluding hydrogens is 240 g/mol. The van der Waals surface area contributed by atoms with Gasteiger partial charge in [-0.3, -0.25) is 0 Å². The molecule has 1 heterocycles. The number of aromatic nitrogens is 1. The highest BCUT2D eigenvalue weighted by Crippen LogP contribution is 2.44. The van der Waals surface area contributed by atoms with Gasteiger partial charge in [0.25, 0.3) is 0 Å². The highest BCUT2D eigenvalue weighted by atomic mass is 32.2. The maximum atomic E-state index is 4.44. The van der Waals surface area contributed by atoms with Crippen LogP contribution in [0.5, 0.6) is 0 Å². The molecule has 0 amide bonds. The maximum absolute atomic E-state index is 4.44. The van der Waals surface area contributed by atoms with Gasteiger partial charge < -0.3 is 5.32 Å². The van der Waals surface area contributed by atoms with Crippen LogP contribution in [0.4, 0.5) is 0 Å². The van der Waals surface area contributed by atoms with Crippen LogP contribution in [0.15, 0.2) is 29.4 Å². The first-order valence-electron chi connectivity index (χ1n) is 6.94. The van der Waals surface area contributed by atoms with Crippen molar-refractivity contribution in [2.24, 2.45) is 5.41 Å². The monoisotopic (exact) mass is 264 g/mol. The van der Waals surface area contributed by atoms with Crippen molar-refractivity contribution in [2.45, 2.75) is 56.4 Å². The van der Waals surface area contributed by atoms with Crippen molar-refractivity contribution in [1.82, 2.24) is 10.3 Å². The Kier molecular flexibility index (Phi) is 4.68. The summed E-state index contributed by atoms with van der Waals surface area (Å²) in [4.78, 5) is 4.44. The summed E-state index contributed by atoms with van der Waals surface area (Å²) in [5.41, 5.74) is 0.404. The van der Waals surface area contributed by atoms with Gasteiger partial charge in [-0.1, -0.05) is 26.8 Å². The average molecular weight is 264 g/mol. The third kappa shape index (κ3) is 3.27. The van der Waals surface area contributed by atoms with E-state index in [4.69, 9.17) is 0 Å². The Morgan fingerprint density at radius 2 is 2.28 bits per heavy atom. The fraction of sp³-hybridized carbons (Fsp3) is 0.667. The molecule has 2 nitrogen and oxygen atoms in total. The first-order valence-corrected chi connectivity index (χ1v) is 7.82. The highest BCUT2D eigenvalue weighted by molar-refractivity contribution is 7.99. The van der Waals surface area contributed by atoms with Crippen molar-refractivity contribution >= 4 is 11.8 Å². The van der Waals surface area contributed by atoms with E-state index >= 15 is 0 Å². The summed E-state index contributed by atoms with van der Waals surface area (Å²) in [6, 6.07) is 6.77. The summed E-state index contributed by atoms with van der Waals surface area (Å²) in [5, 5.41) is 5.55. The van der Waals surface area contributed by atoms with Gasteiger partial charge in [-0.25, -0.2) is 4.98 Å². The first kappa shape index (κ1) is 13.9. The normalized spacial score (nSPS) is 26.4. The number of pyridine rings is 1. The average Bonchev–Trinajstić information content (AvgIpc) is 2.64. The molecule has 100 valence electrons. The number of hydrogen-bond acceptors (Lipinski definition) is 3. The zero-order valence-corrected chi connectivity index (χ0v) is 12.5. The van der Waals surface area contributed by atoms with Crippen LogP contribution in [-0.4, -0.2) is 22.8 Å². The lowest BCUT2D eigenvalue weighted by Gasteiger charge is -2.31. The molecule has 3 heteroatoms. The molecule has 0 aliphatic heterocycles. The highest BCUT2D eigenvalue weighted by Gasteiger charge is 2.41. The van der Waals surface area contributed by atoms with Gasteiger partial charge in [0.2, 0.25) is 0 Å². The van der Waals surface area contributed by atoms with Crippen LogP contribution in [0.25, 0.3) is 0 Å². The number of thioether (sulfide) groups is 1. The van der Waals surface area contributed by atoms with Crippen LogP contribution in [0.3, 0.4) is 0 Å². The number of nitrogens with zero attached hydrogens (tertiary/aromatic N) is 1. The molecule has 1 aromatic rings. The SMILES string of the molecule is CCCNC1C(Sc2ccccn2)CCC1(C)C. The third-order valence-corrected chi connectivity index (χ3v) is 5.10. The third-order valence-electron chi connectivity index (χ3n) is 3.81. The van der Waals surface area contributed by atoms with E-state index in [9.17, 15) is 0 Å². The topological polar surface area (TPSA) is 24.9 Å². The molecule has 0 radical (unpaired) electrons. The van der Waals surface area contributed by atoms with Crippen molar-refractivity contribution in [3.05, 3.63) is 24.4 Å². The van der Waals surface area contributed by atoms with Crippen molar-refractivity contribution < 1.29 is 0 Å². The van der Waals surface area contributed by atoms with Gasteiger partial charge in [-0.05, 0) is 43.4 Å². The molecule has 2 rings (SSSR count). The minimum Gasteiger partial charge on any atom is -0.312 e. The zero-order valence-electron chi connectivity index (χ0n) is 11.6. The van der Waals surface area contributed by atoms with Gasteiger partial charge >= 0.3 is 0 Å². The van der Waals surface area contributed by atoms with Crippen LogP contribution >= 0.6 is 11.8 Å². The van der Waals surface area contributed by atoms with Crippen LogP contribution < -0.4 is 5.32 Å². The number of nitrogens with one attached hydrogen (secondary N) is 1. The molecule has 1 aliphatic carbocycles. The molecule has 2 unspecified atom stereocenters. The van der Waals surface area contributed by atoms with E-state index < -0.39 is 0 Å². The Labute approximate surface area is 115 Å². The van der Waals surface area contributed by atoms with Crippen LogP contribution in [0.1, 0.15) is 40.0 Å². The molecule has 1 N–H and O–H groups in total. The summed E-state index contributed by atoms with van der Waals surface area (Å²) >= 11 is 1.94. The van der Waals surface area contributed by atoms with Crippen molar-refractivity contribution in [3.63, 3.8) is 0 Å². The smallest absolute Gasteiger partial charge is 0.0963 e. The van der Waals surface area contributed by atoms with Crippen LogP contribution in [0.2, 0.25) is 0 Å². The predicted molar refractivity (Wildman–Crippen MR) is 79.0 cm³/mol. The minimum absolute atomic E-state index is 0.404. The van der Waals surface area contributed by atoms with E-state index in [1.54, 1.807) is 0 Å². The summed E-state index contributed by atoms with van der Waals surface area (Å²) < 4.78 is 0. The van der Waals surface area contributed by atoms with Crippen molar-refractivity contribution in [1.29, 1.82) is 0 Å². The second-order valence-electron chi connectivity index (χ2n) is 5.78. The molecule has 1 fully saturated rings. The van der Waals surface area contributed by atoms with E-state index in [2.05, 4.69) is 43.2 Å². The molecule has 1 aromatic heterocycles. The van der Waals surface area contributed by atoms with Gasteiger partial charge in [0.05, 0.1) is 5.03 Å². The quantitative estimate of drug-likeness (QED) is 0.877. The Bertz CT molecular complexity index is 364. The lowest BCUT2D eigenvalue weighted by atomic mass is 9.87. The number of rotatable bonds is 5. The van der Waals surface area contributed by atoms with Crippen LogP contribution in [0, 0.1) is 5.41 Å². The van der Waals surface area contributed by atoms with E-state index in [-0.39, 0.29) is 0 Å². The maximum Gasteiger partial charge on any atom is 0.0963 e. The number of hydrogen-bond donors (Lipinski definition) is 1. The Morgan fingerprint density at radius 3 is 2.94 bits per heavy atom. The van der Waals surface area contributed by atoms with Gasteiger partial charge in [0.15, 0.2) is 0 Å². The van der Waals surface area contributed by atoms with E-state index in [1.165, 1.54) is 19.3 Å². The van der Waals surface area contributed by atoms with Gasteiger partial charge in [-0.2, -0.15) is 0 Å². The second-order valence-corrected chi connectivity index (χ2v) is 7.04. The van der Waals surface area contributed by atoms with E-state index in [0.717, 1.165) is 11.6 Å². The van der Waals surface area contributed by atoms with Gasteiger partial charge in [0, 0.05) is 17.5 Å². The van der Waals surface area contributed by atoms with Crippen molar-refractivity contribution in [2.75, 3.05) is 6.54 Å². The Hall–Kier alpha value is -0.540. The summed E-state index contributed by atoms with van der Waals surface area (Å²) in [7, 11) is 0. The Morgan fingerprint density at radius 1 is 1.44 bits per heavy atom. The largest absolute Gasteiger partial charge is 0.312 e. The lowest BCUT2D eigenvalue weighted by Crippen LogP contribution is -2.43. The van der Waals surface area contributed by atoms with E-state index in [0.29, 0.717) is 16.7 Å². The molecule has 1 saturated carbocycles. The minimum atomic E-state index is 0.404. The fourth-order valence-corrected chi connectivity index (χ4v) is 4.17. The Balaban J connectivity index is 2.03. The summed E-state index contributed by atoms with van der Waals surface area (Å²) in [6.45, 7) is 8.13. The lowest BCUT2D eigenvalue weighted by molar-refractivity contribution is 0.287. The summed E-state index contributed by atoms with van der Waals surface area (Å²) in [5.74, 6) is 0. The molecule has 0 bridgehead atoms. The standard InChI is InChI=1S/C15H24N2S/c1-4-10-17-14-12(8-9-15(14,2)3)18-13-7-5-6-11-16-13/h5-7,11-12,14,17H,4,8-10H2,1-3H3. The van der Waals surface area contributed by atoms with Crippen LogP contribution in [-0.2, 0) is 0 Å².